The summed E-state index contributed by atoms with van der Waals surface area (Å²) in [4.78, 5) is 2.36. The van der Waals surface area contributed by atoms with E-state index >= 15 is 0 Å². The van der Waals surface area contributed by atoms with E-state index in [0.717, 1.165) is 35.6 Å². The molecule has 0 saturated heterocycles. The molecule has 6 aromatic carbocycles. The Morgan fingerprint density at radius 3 is 1.93 bits per heavy atom. The minimum absolute atomic E-state index is 0. The molecule has 1 aliphatic rings. The van der Waals surface area contributed by atoms with Gasteiger partial charge in [0, 0.05) is 35.8 Å². The minimum atomic E-state index is 0. The third-order valence-corrected chi connectivity index (χ3v) is 8.63. The lowest BCUT2D eigenvalue weighted by molar-refractivity contribution is 1.04. The molecule has 1 heterocycles. The summed E-state index contributed by atoms with van der Waals surface area (Å²) >= 11 is 0. The number of allylic oxidation sites excluding steroid dienone is 4. The first-order valence-electron chi connectivity index (χ1n) is 15.3. The van der Waals surface area contributed by atoms with Crippen molar-refractivity contribution in [2.75, 3.05) is 4.90 Å². The number of hydrogen-bond donors (Lipinski definition) is 0. The van der Waals surface area contributed by atoms with Crippen LogP contribution in [0.25, 0.3) is 44.1 Å². The number of nitrogens with zero attached hydrogens (tertiary/aromatic N) is 2. The van der Waals surface area contributed by atoms with Gasteiger partial charge in [-0.1, -0.05) is 97.1 Å². The van der Waals surface area contributed by atoms with Crippen molar-refractivity contribution in [2.24, 2.45) is 0 Å². The molecule has 7 aromatic rings. The van der Waals surface area contributed by atoms with Gasteiger partial charge >= 0.3 is 0 Å². The maximum Gasteiger partial charge on any atom is 0.0529 e. The predicted molar refractivity (Wildman–Crippen MR) is 189 cm³/mol. The zero-order valence-electron chi connectivity index (χ0n) is 24.5. The van der Waals surface area contributed by atoms with Gasteiger partial charge in [-0.15, -0.1) is 0 Å². The summed E-state index contributed by atoms with van der Waals surface area (Å²) in [5, 5.41) is 3.73. The topological polar surface area (TPSA) is 8.17 Å². The van der Waals surface area contributed by atoms with Gasteiger partial charge in [0.2, 0.25) is 0 Å². The monoisotopic (exact) mass is 566 g/mol. The normalized spacial score (nSPS) is 12.9. The quantitative estimate of drug-likeness (QED) is 0.194. The van der Waals surface area contributed by atoms with Crippen molar-refractivity contribution in [2.45, 2.75) is 12.8 Å². The van der Waals surface area contributed by atoms with Gasteiger partial charge in [-0.05, 0) is 113 Å². The fourth-order valence-electron chi connectivity index (χ4n) is 6.33. The molecule has 0 aliphatic heterocycles. The summed E-state index contributed by atoms with van der Waals surface area (Å²) in [5.41, 5.74) is 10.7. The number of para-hydroxylation sites is 1. The molecular formula is C42H34N2. The SMILES string of the molecule is C1=CC(c2ccc(N(c3ccc(-c4ccc5ccccc5c4)cc3)c3ccc4c(ccn4-c4ccccc4)c3)cc2)=CCC1.[HH]. The smallest absolute Gasteiger partial charge is 0.0529 e. The van der Waals surface area contributed by atoms with Gasteiger partial charge in [-0.25, -0.2) is 0 Å². The van der Waals surface area contributed by atoms with Crippen molar-refractivity contribution in [1.82, 2.24) is 4.57 Å². The highest BCUT2D eigenvalue weighted by atomic mass is 15.1. The minimum Gasteiger partial charge on any atom is -0.317 e. The summed E-state index contributed by atoms with van der Waals surface area (Å²) in [6.07, 6.45) is 11.2. The molecule has 0 saturated carbocycles. The van der Waals surface area contributed by atoms with Crippen LogP contribution in [0.4, 0.5) is 17.1 Å². The van der Waals surface area contributed by atoms with Crippen LogP contribution in [-0.2, 0) is 0 Å². The Kier molecular flexibility index (Phi) is 6.66. The molecule has 2 nitrogen and oxygen atoms in total. The third kappa shape index (κ3) is 4.91. The van der Waals surface area contributed by atoms with E-state index in [4.69, 9.17) is 0 Å². The number of aromatic nitrogens is 1. The van der Waals surface area contributed by atoms with Crippen molar-refractivity contribution < 1.29 is 1.43 Å². The summed E-state index contributed by atoms with van der Waals surface area (Å²) < 4.78 is 2.25. The molecule has 1 aliphatic carbocycles. The summed E-state index contributed by atoms with van der Waals surface area (Å²) in [6.45, 7) is 0. The van der Waals surface area contributed by atoms with Crippen molar-refractivity contribution in [3.63, 3.8) is 0 Å². The van der Waals surface area contributed by atoms with E-state index in [1.807, 2.05) is 0 Å². The molecule has 44 heavy (non-hydrogen) atoms. The van der Waals surface area contributed by atoms with Crippen LogP contribution < -0.4 is 4.90 Å². The Morgan fingerprint density at radius 1 is 0.500 bits per heavy atom. The van der Waals surface area contributed by atoms with Gasteiger partial charge < -0.3 is 9.47 Å². The van der Waals surface area contributed by atoms with E-state index < -0.39 is 0 Å². The molecule has 0 N–H and O–H groups in total. The van der Waals surface area contributed by atoms with E-state index in [1.54, 1.807) is 0 Å². The standard InChI is InChI=1S/C42H32N2.H2/c1-3-9-31(10-4-1)33-17-21-39(22-18-33)44(41-25-26-42-37(30-41)27-28-43(42)38-13-5-2-6-14-38)40-23-19-34(20-24-40)36-16-15-32-11-7-8-12-35(32)29-36;/h2-3,5-30H,1,4H2;1H. The average Bonchev–Trinajstić information content (AvgIpc) is 3.53. The maximum atomic E-state index is 2.36. The number of fused-ring (bicyclic) bond motifs is 2. The molecule has 0 atom stereocenters. The van der Waals surface area contributed by atoms with E-state index in [1.165, 1.54) is 43.9 Å². The second-order valence-electron chi connectivity index (χ2n) is 11.4. The number of anilines is 3. The highest BCUT2D eigenvalue weighted by Crippen LogP contribution is 2.38. The first kappa shape index (κ1) is 26.1. The summed E-state index contributed by atoms with van der Waals surface area (Å²) in [6, 6.07) is 52.7. The molecule has 212 valence electrons. The Balaban J connectivity index is 0.00000325. The molecule has 0 spiro atoms. The van der Waals surface area contributed by atoms with Crippen LogP contribution >= 0.6 is 0 Å². The molecule has 0 unspecified atom stereocenters. The van der Waals surface area contributed by atoms with Gasteiger partial charge in [0.15, 0.2) is 0 Å². The van der Waals surface area contributed by atoms with E-state index in [-0.39, 0.29) is 1.43 Å². The van der Waals surface area contributed by atoms with Crippen LogP contribution in [-0.4, -0.2) is 4.57 Å². The van der Waals surface area contributed by atoms with Gasteiger partial charge in [-0.2, -0.15) is 0 Å². The largest absolute Gasteiger partial charge is 0.317 e. The number of hydrogen-bond acceptors (Lipinski definition) is 1. The Morgan fingerprint density at radius 2 is 1.18 bits per heavy atom. The van der Waals surface area contributed by atoms with Crippen molar-refractivity contribution in [3.8, 4) is 16.8 Å². The van der Waals surface area contributed by atoms with Gasteiger partial charge in [0.05, 0.1) is 5.52 Å². The second kappa shape index (κ2) is 11.2. The fourth-order valence-corrected chi connectivity index (χ4v) is 6.33. The summed E-state index contributed by atoms with van der Waals surface area (Å²) in [7, 11) is 0. The van der Waals surface area contributed by atoms with Gasteiger partial charge in [0.25, 0.3) is 0 Å². The van der Waals surface area contributed by atoms with Crippen molar-refractivity contribution >= 4 is 44.3 Å². The predicted octanol–water partition coefficient (Wildman–Crippen LogP) is 11.9. The number of rotatable bonds is 6. The zero-order chi connectivity index (χ0) is 29.3. The lowest BCUT2D eigenvalue weighted by Gasteiger charge is -2.26. The van der Waals surface area contributed by atoms with E-state index in [2.05, 4.69) is 179 Å². The van der Waals surface area contributed by atoms with E-state index in [0.29, 0.717) is 0 Å². The molecule has 1 aromatic heterocycles. The highest BCUT2D eigenvalue weighted by Gasteiger charge is 2.15. The molecule has 0 radical (unpaired) electrons. The van der Waals surface area contributed by atoms with Gasteiger partial charge in [0.1, 0.15) is 0 Å². The zero-order valence-corrected chi connectivity index (χ0v) is 24.5. The van der Waals surface area contributed by atoms with Crippen LogP contribution in [0, 0.1) is 0 Å². The summed E-state index contributed by atoms with van der Waals surface area (Å²) in [5.74, 6) is 0. The Labute approximate surface area is 259 Å². The van der Waals surface area contributed by atoms with Crippen LogP contribution in [0.3, 0.4) is 0 Å². The van der Waals surface area contributed by atoms with E-state index in [9.17, 15) is 0 Å². The molecule has 0 amide bonds. The Hall–Kier alpha value is -5.60. The van der Waals surface area contributed by atoms with Crippen LogP contribution in [0.2, 0.25) is 0 Å². The number of benzene rings is 6. The maximum absolute atomic E-state index is 2.36. The highest BCUT2D eigenvalue weighted by molar-refractivity contribution is 5.90. The molecular weight excluding hydrogens is 532 g/mol. The lowest BCUT2D eigenvalue weighted by Crippen LogP contribution is -2.10. The van der Waals surface area contributed by atoms with Crippen LogP contribution in [0.1, 0.15) is 19.8 Å². The van der Waals surface area contributed by atoms with Crippen LogP contribution in [0.15, 0.2) is 170 Å². The second-order valence-corrected chi connectivity index (χ2v) is 11.4. The van der Waals surface area contributed by atoms with Crippen LogP contribution in [0.5, 0.6) is 0 Å². The average molecular weight is 567 g/mol. The molecule has 0 bridgehead atoms. The van der Waals surface area contributed by atoms with Crippen molar-refractivity contribution in [1.29, 1.82) is 0 Å². The molecule has 0 fully saturated rings. The Bertz CT molecular complexity index is 2150. The molecule has 2 heteroatoms. The van der Waals surface area contributed by atoms with Gasteiger partial charge in [-0.3, -0.25) is 0 Å². The lowest BCUT2D eigenvalue weighted by atomic mass is 9.99. The fraction of sp³-hybridized carbons (Fsp3) is 0.0476. The van der Waals surface area contributed by atoms with Crippen molar-refractivity contribution in [3.05, 3.63) is 176 Å². The molecule has 8 rings (SSSR count). The third-order valence-electron chi connectivity index (χ3n) is 8.63. The first-order valence-corrected chi connectivity index (χ1v) is 15.3. The first-order chi connectivity index (χ1) is 21.8.